The largest absolute Gasteiger partial charge is 0.493 e. The van der Waals surface area contributed by atoms with Crippen LogP contribution in [0.2, 0.25) is 0 Å². The Balaban J connectivity index is 1.50. The van der Waals surface area contributed by atoms with Gasteiger partial charge in [-0.1, -0.05) is 25.8 Å². The van der Waals surface area contributed by atoms with Crippen molar-refractivity contribution >= 4 is 5.91 Å². The number of hydrogen-bond donors (Lipinski definition) is 1. The van der Waals surface area contributed by atoms with E-state index in [-0.39, 0.29) is 12.5 Å². The maximum absolute atomic E-state index is 12.2. The fraction of sp³-hybridized carbons (Fsp3) is 0.667. The van der Waals surface area contributed by atoms with Crippen LogP contribution >= 0.6 is 0 Å². The van der Waals surface area contributed by atoms with Crippen molar-refractivity contribution in [1.82, 2.24) is 10.2 Å². The lowest BCUT2D eigenvalue weighted by Crippen LogP contribution is -2.43. The van der Waals surface area contributed by atoms with Gasteiger partial charge in [-0.05, 0) is 36.0 Å². The van der Waals surface area contributed by atoms with E-state index in [1.54, 1.807) is 12.0 Å². The van der Waals surface area contributed by atoms with E-state index in [2.05, 4.69) is 12.2 Å². The molecule has 1 saturated heterocycles. The van der Waals surface area contributed by atoms with Gasteiger partial charge in [-0.25, -0.2) is 0 Å². The van der Waals surface area contributed by atoms with Gasteiger partial charge in [0, 0.05) is 26.2 Å². The maximum Gasteiger partial charge on any atom is 0.260 e. The summed E-state index contributed by atoms with van der Waals surface area (Å²) in [6.07, 6.45) is 5.32. The second-order valence-corrected chi connectivity index (χ2v) is 7.89. The van der Waals surface area contributed by atoms with Crippen molar-refractivity contribution in [2.75, 3.05) is 46.6 Å². The van der Waals surface area contributed by atoms with Crippen LogP contribution in [0.5, 0.6) is 11.5 Å². The molecule has 3 rings (SSSR count). The molecular weight excluding hydrogens is 344 g/mol. The first-order chi connectivity index (χ1) is 13.1. The van der Waals surface area contributed by atoms with Crippen LogP contribution < -0.4 is 14.8 Å². The van der Waals surface area contributed by atoms with Gasteiger partial charge in [0.1, 0.15) is 0 Å². The summed E-state index contributed by atoms with van der Waals surface area (Å²) in [6, 6.07) is 5.90. The molecule has 1 N–H and O–H groups in total. The summed E-state index contributed by atoms with van der Waals surface area (Å²) >= 11 is 0. The Morgan fingerprint density at radius 2 is 1.96 bits per heavy atom. The maximum atomic E-state index is 12.2. The minimum Gasteiger partial charge on any atom is -0.493 e. The molecule has 1 amide bonds. The first-order valence-electron chi connectivity index (χ1n) is 9.96. The third kappa shape index (κ3) is 5.59. The summed E-state index contributed by atoms with van der Waals surface area (Å²) in [6.45, 7) is 6.68. The second kappa shape index (κ2) is 9.42. The number of morpholine rings is 1. The molecule has 2 fully saturated rings. The fourth-order valence-electron chi connectivity index (χ4n) is 3.90. The Bertz CT molecular complexity index is 623. The number of rotatable bonds is 8. The quantitative estimate of drug-likeness (QED) is 0.756. The molecule has 6 nitrogen and oxygen atoms in total. The smallest absolute Gasteiger partial charge is 0.260 e. The highest BCUT2D eigenvalue weighted by Gasteiger charge is 2.27. The van der Waals surface area contributed by atoms with E-state index in [0.717, 1.165) is 18.7 Å². The average molecular weight is 376 g/mol. The van der Waals surface area contributed by atoms with Gasteiger partial charge in [-0.3, -0.25) is 4.79 Å². The summed E-state index contributed by atoms with van der Waals surface area (Å²) < 4.78 is 16.5. The van der Waals surface area contributed by atoms with Gasteiger partial charge in [0.05, 0.1) is 20.3 Å². The van der Waals surface area contributed by atoms with Gasteiger partial charge in [-0.2, -0.15) is 0 Å². The van der Waals surface area contributed by atoms with Crippen molar-refractivity contribution in [3.8, 4) is 11.5 Å². The van der Waals surface area contributed by atoms with Crippen molar-refractivity contribution < 1.29 is 19.0 Å². The lowest BCUT2D eigenvalue weighted by Gasteiger charge is -2.26. The number of methoxy groups -OCH3 is 1. The number of nitrogens with zero attached hydrogens (tertiary/aromatic N) is 1. The summed E-state index contributed by atoms with van der Waals surface area (Å²) in [5.74, 6) is 1.25. The van der Waals surface area contributed by atoms with Crippen LogP contribution in [-0.4, -0.2) is 57.4 Å². The molecule has 0 radical (unpaired) electrons. The number of ether oxygens (including phenoxy) is 3. The SMILES string of the molecule is COc1cc(CNCC2(C)CCCC2)ccc1OCC(=O)N1CCOCC1. The summed E-state index contributed by atoms with van der Waals surface area (Å²) in [7, 11) is 1.63. The van der Waals surface area contributed by atoms with Crippen LogP contribution in [0.1, 0.15) is 38.2 Å². The zero-order valence-corrected chi connectivity index (χ0v) is 16.6. The molecule has 0 spiro atoms. The van der Waals surface area contributed by atoms with Gasteiger partial charge in [0.15, 0.2) is 18.1 Å². The van der Waals surface area contributed by atoms with Gasteiger partial charge < -0.3 is 24.4 Å². The van der Waals surface area contributed by atoms with Crippen LogP contribution in [0.3, 0.4) is 0 Å². The molecule has 0 unspecified atom stereocenters. The first kappa shape index (κ1) is 20.0. The molecule has 6 heteroatoms. The topological polar surface area (TPSA) is 60.0 Å². The molecule has 2 aliphatic rings. The zero-order valence-electron chi connectivity index (χ0n) is 16.6. The summed E-state index contributed by atoms with van der Waals surface area (Å²) in [5, 5.41) is 3.58. The van der Waals surface area contributed by atoms with Crippen LogP contribution in [-0.2, 0) is 16.1 Å². The molecule has 1 aliphatic carbocycles. The van der Waals surface area contributed by atoms with E-state index in [1.807, 2.05) is 18.2 Å². The third-order valence-corrected chi connectivity index (χ3v) is 5.63. The zero-order chi connectivity index (χ0) is 19.1. The second-order valence-electron chi connectivity index (χ2n) is 7.89. The highest BCUT2D eigenvalue weighted by molar-refractivity contribution is 5.78. The monoisotopic (exact) mass is 376 g/mol. The molecule has 1 heterocycles. The van der Waals surface area contributed by atoms with E-state index in [0.29, 0.717) is 43.2 Å². The third-order valence-electron chi connectivity index (χ3n) is 5.63. The molecule has 150 valence electrons. The Kier molecular flexibility index (Phi) is 6.96. The van der Waals surface area contributed by atoms with Gasteiger partial charge >= 0.3 is 0 Å². The Hall–Kier alpha value is -1.79. The highest BCUT2D eigenvalue weighted by Crippen LogP contribution is 2.36. The van der Waals surface area contributed by atoms with Crippen molar-refractivity contribution in [2.45, 2.75) is 39.2 Å². The summed E-state index contributed by atoms with van der Waals surface area (Å²) in [5.41, 5.74) is 1.59. The molecule has 27 heavy (non-hydrogen) atoms. The number of benzene rings is 1. The molecule has 1 aromatic carbocycles. The van der Waals surface area contributed by atoms with Crippen molar-refractivity contribution in [2.24, 2.45) is 5.41 Å². The van der Waals surface area contributed by atoms with E-state index in [1.165, 1.54) is 25.7 Å². The molecule has 0 aromatic heterocycles. The fourth-order valence-corrected chi connectivity index (χ4v) is 3.90. The van der Waals surface area contributed by atoms with Crippen molar-refractivity contribution in [3.63, 3.8) is 0 Å². The van der Waals surface area contributed by atoms with Crippen LogP contribution in [0.25, 0.3) is 0 Å². The minimum absolute atomic E-state index is 0.0177. The highest BCUT2D eigenvalue weighted by atomic mass is 16.5. The van der Waals surface area contributed by atoms with Gasteiger partial charge in [0.25, 0.3) is 5.91 Å². The van der Waals surface area contributed by atoms with Crippen LogP contribution in [0.4, 0.5) is 0 Å². The number of amides is 1. The van der Waals surface area contributed by atoms with E-state index >= 15 is 0 Å². The number of carbonyl (C=O) groups is 1. The molecule has 1 aliphatic heterocycles. The molecule has 0 atom stereocenters. The molecule has 1 saturated carbocycles. The van der Waals surface area contributed by atoms with Crippen LogP contribution in [0, 0.1) is 5.41 Å². The predicted molar refractivity (Wildman–Crippen MR) is 104 cm³/mol. The van der Waals surface area contributed by atoms with Crippen LogP contribution in [0.15, 0.2) is 18.2 Å². The summed E-state index contributed by atoms with van der Waals surface area (Å²) in [4.78, 5) is 14.0. The lowest BCUT2D eigenvalue weighted by atomic mass is 9.89. The van der Waals surface area contributed by atoms with Crippen molar-refractivity contribution in [1.29, 1.82) is 0 Å². The minimum atomic E-state index is -0.0177. The first-order valence-corrected chi connectivity index (χ1v) is 9.96. The Labute approximate surface area is 162 Å². The average Bonchev–Trinajstić information content (AvgIpc) is 3.13. The van der Waals surface area contributed by atoms with E-state index < -0.39 is 0 Å². The number of hydrogen-bond acceptors (Lipinski definition) is 5. The van der Waals surface area contributed by atoms with Crippen molar-refractivity contribution in [3.05, 3.63) is 23.8 Å². The van der Waals surface area contributed by atoms with E-state index in [9.17, 15) is 4.79 Å². The lowest BCUT2D eigenvalue weighted by molar-refractivity contribution is -0.137. The van der Waals surface area contributed by atoms with Gasteiger partial charge in [0.2, 0.25) is 0 Å². The Morgan fingerprint density at radius 3 is 2.67 bits per heavy atom. The predicted octanol–water partition coefficient (Wildman–Crippen LogP) is 2.60. The number of carbonyl (C=O) groups excluding carboxylic acids is 1. The number of nitrogens with one attached hydrogen (secondary N) is 1. The molecule has 0 bridgehead atoms. The normalized spacial score (nSPS) is 19.1. The standard InChI is InChI=1S/C21H32N2O4/c1-21(7-3-4-8-21)16-22-14-17-5-6-18(19(13-17)25-2)27-15-20(24)23-9-11-26-12-10-23/h5-6,13,22H,3-4,7-12,14-16H2,1-2H3. The Morgan fingerprint density at radius 1 is 1.22 bits per heavy atom. The molecule has 1 aromatic rings. The molecular formula is C21H32N2O4. The van der Waals surface area contributed by atoms with E-state index in [4.69, 9.17) is 14.2 Å². The van der Waals surface area contributed by atoms with Gasteiger partial charge in [-0.15, -0.1) is 0 Å².